The fourth-order valence-electron chi connectivity index (χ4n) is 2.62. The number of carbonyl (C=O) groups is 1. The summed E-state index contributed by atoms with van der Waals surface area (Å²) in [5.74, 6) is 1.17. The van der Waals surface area contributed by atoms with E-state index in [1.54, 1.807) is 0 Å². The maximum Gasteiger partial charge on any atom is 0.230 e. The molecular formula is C16H20N4OS. The summed E-state index contributed by atoms with van der Waals surface area (Å²) < 4.78 is 0. The average Bonchev–Trinajstić information content (AvgIpc) is 3.17. The number of carbonyl (C=O) groups excluding carboxylic acids is 1. The van der Waals surface area contributed by atoms with Crippen LogP contribution in [0.2, 0.25) is 0 Å². The van der Waals surface area contributed by atoms with Crippen molar-refractivity contribution in [2.45, 2.75) is 43.8 Å². The molecule has 0 aliphatic heterocycles. The zero-order valence-corrected chi connectivity index (χ0v) is 13.4. The zero-order chi connectivity index (χ0) is 15.4. The summed E-state index contributed by atoms with van der Waals surface area (Å²) in [6.45, 7) is 2.05. The van der Waals surface area contributed by atoms with Crippen molar-refractivity contribution in [3.63, 3.8) is 0 Å². The molecule has 2 aromatic rings. The van der Waals surface area contributed by atoms with Crippen molar-refractivity contribution in [3.8, 4) is 11.4 Å². The number of aromatic nitrogens is 3. The maximum absolute atomic E-state index is 11.9. The van der Waals surface area contributed by atoms with Crippen LogP contribution in [0.4, 0.5) is 0 Å². The molecule has 1 amide bonds. The topological polar surface area (TPSA) is 70.7 Å². The molecule has 6 heteroatoms. The normalized spacial score (nSPS) is 15.1. The van der Waals surface area contributed by atoms with Crippen LogP contribution in [0.15, 0.2) is 29.4 Å². The van der Waals surface area contributed by atoms with E-state index in [0.29, 0.717) is 17.0 Å². The van der Waals surface area contributed by atoms with Gasteiger partial charge in [-0.05, 0) is 19.8 Å². The molecule has 0 radical (unpaired) electrons. The molecule has 1 saturated carbocycles. The van der Waals surface area contributed by atoms with Crippen molar-refractivity contribution >= 4 is 17.7 Å². The van der Waals surface area contributed by atoms with Crippen LogP contribution in [0.3, 0.4) is 0 Å². The molecule has 1 heterocycles. The Morgan fingerprint density at radius 1 is 1.32 bits per heavy atom. The Kier molecular flexibility index (Phi) is 4.77. The monoisotopic (exact) mass is 316 g/mol. The highest BCUT2D eigenvalue weighted by atomic mass is 32.2. The molecule has 1 fully saturated rings. The highest BCUT2D eigenvalue weighted by Gasteiger charge is 2.17. The van der Waals surface area contributed by atoms with Gasteiger partial charge in [0.1, 0.15) is 0 Å². The molecule has 2 N–H and O–H groups in total. The van der Waals surface area contributed by atoms with Gasteiger partial charge < -0.3 is 5.32 Å². The van der Waals surface area contributed by atoms with Gasteiger partial charge in [0.2, 0.25) is 11.1 Å². The van der Waals surface area contributed by atoms with E-state index >= 15 is 0 Å². The number of nitrogens with one attached hydrogen (secondary N) is 2. The second-order valence-electron chi connectivity index (χ2n) is 5.67. The highest BCUT2D eigenvalue weighted by molar-refractivity contribution is 7.99. The minimum absolute atomic E-state index is 0.0681. The first kappa shape index (κ1) is 15.1. The van der Waals surface area contributed by atoms with E-state index in [0.717, 1.165) is 24.2 Å². The predicted molar refractivity (Wildman–Crippen MR) is 87.7 cm³/mol. The lowest BCUT2D eigenvalue weighted by atomic mass is 10.1. The Balaban J connectivity index is 1.53. The summed E-state index contributed by atoms with van der Waals surface area (Å²) in [6.07, 6.45) is 4.65. The van der Waals surface area contributed by atoms with E-state index in [-0.39, 0.29) is 5.91 Å². The van der Waals surface area contributed by atoms with E-state index in [1.165, 1.54) is 30.2 Å². The first-order valence-corrected chi connectivity index (χ1v) is 8.61. The minimum Gasteiger partial charge on any atom is -0.353 e. The quantitative estimate of drug-likeness (QED) is 0.832. The third kappa shape index (κ3) is 3.88. The van der Waals surface area contributed by atoms with Crippen LogP contribution >= 0.6 is 11.8 Å². The molecule has 116 valence electrons. The minimum atomic E-state index is 0.0681. The van der Waals surface area contributed by atoms with Crippen LogP contribution in [0.5, 0.6) is 0 Å². The van der Waals surface area contributed by atoms with E-state index in [9.17, 15) is 4.79 Å². The van der Waals surface area contributed by atoms with Gasteiger partial charge in [-0.3, -0.25) is 9.89 Å². The van der Waals surface area contributed by atoms with Gasteiger partial charge in [-0.25, -0.2) is 4.98 Å². The lowest BCUT2D eigenvalue weighted by Gasteiger charge is -2.10. The number of aryl methyl sites for hydroxylation is 1. The third-order valence-electron chi connectivity index (χ3n) is 3.84. The summed E-state index contributed by atoms with van der Waals surface area (Å²) in [5, 5.41) is 10.8. The molecule has 1 aromatic carbocycles. The van der Waals surface area contributed by atoms with Gasteiger partial charge in [-0.15, -0.1) is 5.10 Å². The molecule has 0 saturated heterocycles. The lowest BCUT2D eigenvalue weighted by Crippen LogP contribution is -2.33. The lowest BCUT2D eigenvalue weighted by molar-refractivity contribution is -0.119. The van der Waals surface area contributed by atoms with Crippen molar-refractivity contribution < 1.29 is 4.79 Å². The Labute approximate surface area is 134 Å². The summed E-state index contributed by atoms with van der Waals surface area (Å²) in [4.78, 5) is 16.3. The Bertz CT molecular complexity index is 632. The number of benzene rings is 1. The Hall–Kier alpha value is -1.82. The number of thioether (sulfide) groups is 1. The first-order chi connectivity index (χ1) is 10.7. The highest BCUT2D eigenvalue weighted by Crippen LogP contribution is 2.20. The first-order valence-electron chi connectivity index (χ1n) is 7.62. The average molecular weight is 316 g/mol. The van der Waals surface area contributed by atoms with E-state index in [4.69, 9.17) is 0 Å². The van der Waals surface area contributed by atoms with E-state index in [2.05, 4.69) is 27.4 Å². The van der Waals surface area contributed by atoms with E-state index in [1.807, 2.05) is 24.3 Å². The van der Waals surface area contributed by atoms with Gasteiger partial charge in [0, 0.05) is 11.6 Å². The van der Waals surface area contributed by atoms with Crippen LogP contribution in [-0.4, -0.2) is 32.9 Å². The largest absolute Gasteiger partial charge is 0.353 e. The standard InChI is InChI=1S/C16H20N4OS/c1-11-6-8-12(9-7-11)15-18-16(20-19-15)22-10-14(21)17-13-4-2-3-5-13/h6-9,13H,2-5,10H2,1H3,(H,17,21)(H,18,19,20). The molecule has 0 spiro atoms. The Morgan fingerprint density at radius 3 is 2.77 bits per heavy atom. The van der Waals surface area contributed by atoms with Crippen LogP contribution in [0.25, 0.3) is 11.4 Å². The molecule has 5 nitrogen and oxygen atoms in total. The van der Waals surface area contributed by atoms with Crippen LogP contribution in [-0.2, 0) is 4.79 Å². The second kappa shape index (κ2) is 6.96. The molecule has 0 unspecified atom stereocenters. The molecule has 1 aliphatic carbocycles. The second-order valence-corrected chi connectivity index (χ2v) is 6.61. The SMILES string of the molecule is Cc1ccc(-c2nc(SCC(=O)NC3CCCC3)n[nH]2)cc1. The summed E-state index contributed by atoms with van der Waals surface area (Å²) in [6, 6.07) is 8.47. The van der Waals surface area contributed by atoms with Crippen molar-refractivity contribution in [1.82, 2.24) is 20.5 Å². The molecule has 0 bridgehead atoms. The maximum atomic E-state index is 11.9. The number of H-pyrrole nitrogens is 1. The number of aromatic amines is 1. The summed E-state index contributed by atoms with van der Waals surface area (Å²) >= 11 is 1.37. The molecular weight excluding hydrogens is 296 g/mol. The third-order valence-corrected chi connectivity index (χ3v) is 4.69. The molecule has 3 rings (SSSR count). The van der Waals surface area contributed by atoms with Gasteiger partial charge in [-0.2, -0.15) is 0 Å². The molecule has 0 atom stereocenters. The summed E-state index contributed by atoms with van der Waals surface area (Å²) in [7, 11) is 0. The van der Waals surface area contributed by atoms with Gasteiger partial charge in [0.05, 0.1) is 5.75 Å². The van der Waals surface area contributed by atoms with Crippen molar-refractivity contribution in [1.29, 1.82) is 0 Å². The predicted octanol–water partition coefficient (Wildman–Crippen LogP) is 2.93. The number of amides is 1. The van der Waals surface area contributed by atoms with Crippen LogP contribution < -0.4 is 5.32 Å². The van der Waals surface area contributed by atoms with Crippen molar-refractivity contribution in [2.24, 2.45) is 0 Å². The van der Waals surface area contributed by atoms with Crippen molar-refractivity contribution in [2.75, 3.05) is 5.75 Å². The number of hydrogen-bond acceptors (Lipinski definition) is 4. The molecule has 1 aliphatic rings. The van der Waals surface area contributed by atoms with Crippen LogP contribution in [0, 0.1) is 6.92 Å². The number of hydrogen-bond donors (Lipinski definition) is 2. The van der Waals surface area contributed by atoms with Gasteiger partial charge in [0.25, 0.3) is 0 Å². The smallest absolute Gasteiger partial charge is 0.230 e. The summed E-state index contributed by atoms with van der Waals surface area (Å²) in [5.41, 5.74) is 2.21. The van der Waals surface area contributed by atoms with Crippen molar-refractivity contribution in [3.05, 3.63) is 29.8 Å². The molecule has 22 heavy (non-hydrogen) atoms. The fourth-order valence-corrected chi connectivity index (χ4v) is 3.23. The van der Waals surface area contributed by atoms with Gasteiger partial charge in [0.15, 0.2) is 5.82 Å². The van der Waals surface area contributed by atoms with Gasteiger partial charge in [-0.1, -0.05) is 54.4 Å². The van der Waals surface area contributed by atoms with Gasteiger partial charge >= 0.3 is 0 Å². The number of nitrogens with zero attached hydrogens (tertiary/aromatic N) is 2. The fraction of sp³-hybridized carbons (Fsp3) is 0.438. The Morgan fingerprint density at radius 2 is 2.05 bits per heavy atom. The number of rotatable bonds is 5. The zero-order valence-electron chi connectivity index (χ0n) is 12.6. The molecule has 1 aromatic heterocycles. The van der Waals surface area contributed by atoms with E-state index < -0.39 is 0 Å². The van der Waals surface area contributed by atoms with Crippen LogP contribution in [0.1, 0.15) is 31.2 Å².